The van der Waals surface area contributed by atoms with Crippen LogP contribution in [0.1, 0.15) is 52.6 Å². The molecule has 5 atom stereocenters. The van der Waals surface area contributed by atoms with E-state index in [-0.39, 0.29) is 17.5 Å². The van der Waals surface area contributed by atoms with Gasteiger partial charge in [0.15, 0.2) is 0 Å². The second-order valence-electron chi connectivity index (χ2n) is 11.4. The zero-order valence-corrected chi connectivity index (χ0v) is 26.8. The van der Waals surface area contributed by atoms with Gasteiger partial charge in [0.05, 0.1) is 31.7 Å². The Morgan fingerprint density at radius 2 is 1.37 bits per heavy atom. The van der Waals surface area contributed by atoms with E-state index in [0.29, 0.717) is 24.4 Å². The SMILES string of the molecule is CC[C@H]1S[C@@H](c2ccc(OC)c(Cc3cc4ccccc4s3)c2)[C@H](OCc2ccccc2)[C@@H](OCc2ccccc2)[C@@H]1C. The van der Waals surface area contributed by atoms with Gasteiger partial charge in [-0.05, 0) is 58.2 Å². The molecule has 0 N–H and O–H groups in total. The fourth-order valence-electron chi connectivity index (χ4n) is 6.20. The largest absolute Gasteiger partial charge is 0.496 e. The smallest absolute Gasteiger partial charge is 0.122 e. The molecule has 1 fully saturated rings. The highest BCUT2D eigenvalue weighted by Gasteiger charge is 2.45. The normalized spacial score (nSPS) is 22.1. The summed E-state index contributed by atoms with van der Waals surface area (Å²) >= 11 is 3.91. The van der Waals surface area contributed by atoms with Gasteiger partial charge in [-0.25, -0.2) is 0 Å². The van der Waals surface area contributed by atoms with Crippen LogP contribution in [-0.4, -0.2) is 24.6 Å². The van der Waals surface area contributed by atoms with Crippen LogP contribution in [0.15, 0.2) is 109 Å². The molecule has 1 saturated heterocycles. The molecule has 43 heavy (non-hydrogen) atoms. The first-order valence-corrected chi connectivity index (χ1v) is 17.0. The van der Waals surface area contributed by atoms with E-state index in [2.05, 4.69) is 135 Å². The van der Waals surface area contributed by atoms with Crippen molar-refractivity contribution in [2.45, 2.75) is 62.6 Å². The minimum absolute atomic E-state index is 0.0340. The van der Waals surface area contributed by atoms with Crippen LogP contribution in [-0.2, 0) is 29.1 Å². The standard InChI is InChI=1S/C38H40O3S2/c1-4-34-26(2)36(40-24-27-13-7-5-8-14-27)37(41-25-28-15-9-6-10-16-28)38(43-34)30-19-20-33(39-3)31(21-30)23-32-22-29-17-11-12-18-35(29)42-32/h5-22,26,34,36-38H,4,23-25H2,1-3H3/t26-,34-,36+,37-,38+/m1/s1. The molecule has 6 rings (SSSR count). The summed E-state index contributed by atoms with van der Waals surface area (Å²) in [6.45, 7) is 5.77. The molecule has 0 amide bonds. The average Bonchev–Trinajstić information content (AvgIpc) is 3.46. The Labute approximate surface area is 264 Å². The summed E-state index contributed by atoms with van der Waals surface area (Å²) in [5.74, 6) is 1.29. The molecule has 0 unspecified atom stereocenters. The zero-order chi connectivity index (χ0) is 29.6. The molecule has 0 saturated carbocycles. The van der Waals surface area contributed by atoms with Crippen LogP contribution in [0.25, 0.3) is 10.1 Å². The lowest BCUT2D eigenvalue weighted by atomic mass is 9.89. The first-order valence-electron chi connectivity index (χ1n) is 15.2. The van der Waals surface area contributed by atoms with Gasteiger partial charge in [0, 0.05) is 21.2 Å². The van der Waals surface area contributed by atoms with Crippen LogP contribution >= 0.6 is 23.1 Å². The molecule has 0 bridgehead atoms. The van der Waals surface area contributed by atoms with E-state index in [9.17, 15) is 0 Å². The molecular weight excluding hydrogens is 569 g/mol. The molecule has 5 aromatic rings. The van der Waals surface area contributed by atoms with E-state index < -0.39 is 0 Å². The molecule has 4 aromatic carbocycles. The van der Waals surface area contributed by atoms with Crippen molar-refractivity contribution in [1.29, 1.82) is 0 Å². The predicted molar refractivity (Wildman–Crippen MR) is 181 cm³/mol. The van der Waals surface area contributed by atoms with Crippen molar-refractivity contribution in [2.75, 3.05) is 7.11 Å². The molecule has 1 aromatic heterocycles. The molecule has 1 aliphatic heterocycles. The van der Waals surface area contributed by atoms with Crippen molar-refractivity contribution < 1.29 is 14.2 Å². The highest BCUT2D eigenvalue weighted by molar-refractivity contribution is 8.00. The van der Waals surface area contributed by atoms with Gasteiger partial charge in [-0.2, -0.15) is 0 Å². The van der Waals surface area contributed by atoms with Crippen molar-refractivity contribution in [3.05, 3.63) is 136 Å². The maximum atomic E-state index is 6.88. The molecule has 3 nitrogen and oxygen atoms in total. The summed E-state index contributed by atoms with van der Waals surface area (Å²) in [7, 11) is 1.77. The molecule has 222 valence electrons. The van der Waals surface area contributed by atoms with Gasteiger partial charge in [-0.1, -0.05) is 105 Å². The number of thioether (sulfide) groups is 1. The highest BCUT2D eigenvalue weighted by atomic mass is 32.2. The first kappa shape index (κ1) is 30.0. The first-order chi connectivity index (χ1) is 21.1. The van der Waals surface area contributed by atoms with Crippen LogP contribution in [0, 0.1) is 5.92 Å². The van der Waals surface area contributed by atoms with Gasteiger partial charge in [0.1, 0.15) is 11.9 Å². The number of ether oxygens (including phenoxy) is 3. The van der Waals surface area contributed by atoms with Crippen molar-refractivity contribution in [1.82, 2.24) is 0 Å². The van der Waals surface area contributed by atoms with Crippen LogP contribution in [0.5, 0.6) is 5.75 Å². The molecule has 2 heterocycles. The van der Waals surface area contributed by atoms with E-state index in [1.807, 2.05) is 11.3 Å². The maximum Gasteiger partial charge on any atom is 0.122 e. The summed E-state index contributed by atoms with van der Waals surface area (Å²) < 4.78 is 20.9. The number of benzene rings is 4. The minimum Gasteiger partial charge on any atom is -0.496 e. The monoisotopic (exact) mass is 608 g/mol. The number of hydrogen-bond acceptors (Lipinski definition) is 5. The molecule has 0 aliphatic carbocycles. The lowest BCUT2D eigenvalue weighted by Gasteiger charge is -2.45. The molecule has 1 aliphatic rings. The van der Waals surface area contributed by atoms with E-state index in [0.717, 1.165) is 18.6 Å². The van der Waals surface area contributed by atoms with Crippen LogP contribution in [0.4, 0.5) is 0 Å². The lowest BCUT2D eigenvalue weighted by Crippen LogP contribution is -2.48. The molecular formula is C38H40O3S2. The van der Waals surface area contributed by atoms with Crippen LogP contribution in [0.2, 0.25) is 0 Å². The quantitative estimate of drug-likeness (QED) is 0.149. The number of thiophene rings is 1. The Kier molecular flexibility index (Phi) is 9.84. The van der Waals surface area contributed by atoms with Crippen molar-refractivity contribution in [2.24, 2.45) is 5.92 Å². The predicted octanol–water partition coefficient (Wildman–Crippen LogP) is 9.87. The molecule has 0 spiro atoms. The number of rotatable bonds is 11. The third kappa shape index (κ3) is 7.02. The number of fused-ring (bicyclic) bond motifs is 1. The summed E-state index contributed by atoms with van der Waals surface area (Å²) in [6, 6.07) is 38.6. The van der Waals surface area contributed by atoms with Gasteiger partial charge in [-0.3, -0.25) is 0 Å². The maximum absolute atomic E-state index is 6.88. The summed E-state index contributed by atoms with van der Waals surface area (Å²) in [6.07, 6.45) is 1.79. The van der Waals surface area contributed by atoms with Crippen molar-refractivity contribution in [3.63, 3.8) is 0 Å². The minimum atomic E-state index is -0.0997. The third-order valence-electron chi connectivity index (χ3n) is 8.50. The lowest BCUT2D eigenvalue weighted by molar-refractivity contribution is -0.112. The highest BCUT2D eigenvalue weighted by Crippen LogP contribution is 2.50. The van der Waals surface area contributed by atoms with Gasteiger partial charge < -0.3 is 14.2 Å². The van der Waals surface area contributed by atoms with Crippen molar-refractivity contribution in [3.8, 4) is 5.75 Å². The Morgan fingerprint density at radius 3 is 2.02 bits per heavy atom. The second-order valence-corrected chi connectivity index (χ2v) is 13.9. The Hall–Kier alpha value is -3.09. The fraction of sp³-hybridized carbons (Fsp3) is 0.316. The fourth-order valence-corrected chi connectivity index (χ4v) is 8.95. The zero-order valence-electron chi connectivity index (χ0n) is 25.1. The molecule has 0 radical (unpaired) electrons. The third-order valence-corrected chi connectivity index (χ3v) is 11.6. The van der Waals surface area contributed by atoms with E-state index in [4.69, 9.17) is 14.2 Å². The Balaban J connectivity index is 1.33. The van der Waals surface area contributed by atoms with E-state index in [1.54, 1.807) is 7.11 Å². The Morgan fingerprint density at radius 1 is 0.721 bits per heavy atom. The van der Waals surface area contributed by atoms with E-state index in [1.165, 1.54) is 37.2 Å². The Bertz CT molecular complexity index is 1570. The number of hydrogen-bond donors (Lipinski definition) is 0. The molecule has 5 heteroatoms. The van der Waals surface area contributed by atoms with E-state index >= 15 is 0 Å². The second kappa shape index (κ2) is 14.1. The summed E-state index contributed by atoms with van der Waals surface area (Å²) in [4.78, 5) is 1.34. The topological polar surface area (TPSA) is 27.7 Å². The van der Waals surface area contributed by atoms with Gasteiger partial charge in [-0.15, -0.1) is 23.1 Å². The summed E-state index contributed by atoms with van der Waals surface area (Å²) in [5.41, 5.74) is 4.86. The number of methoxy groups -OCH3 is 1. The van der Waals surface area contributed by atoms with Crippen LogP contribution < -0.4 is 4.74 Å². The van der Waals surface area contributed by atoms with Gasteiger partial charge in [0.25, 0.3) is 0 Å². The summed E-state index contributed by atoms with van der Waals surface area (Å²) in [5, 5.41) is 1.90. The van der Waals surface area contributed by atoms with Gasteiger partial charge in [0.2, 0.25) is 0 Å². The van der Waals surface area contributed by atoms with Gasteiger partial charge >= 0.3 is 0 Å². The van der Waals surface area contributed by atoms with Crippen molar-refractivity contribution >= 4 is 33.2 Å². The average molecular weight is 609 g/mol. The van der Waals surface area contributed by atoms with Crippen LogP contribution in [0.3, 0.4) is 0 Å².